The molecule has 0 aliphatic carbocycles. The van der Waals surface area contributed by atoms with Crippen molar-refractivity contribution in [1.29, 1.82) is 0 Å². The minimum atomic E-state index is -1.11. The number of amides is 1. The Hall–Kier alpha value is -2.77. The van der Waals surface area contributed by atoms with Crippen LogP contribution < -0.4 is 5.32 Å². The Morgan fingerprint density at radius 2 is 2.20 bits per heavy atom. The molecule has 0 aliphatic rings. The van der Waals surface area contributed by atoms with Gasteiger partial charge in [0.15, 0.2) is 5.69 Å². The van der Waals surface area contributed by atoms with Gasteiger partial charge >= 0.3 is 5.97 Å². The van der Waals surface area contributed by atoms with Gasteiger partial charge < -0.3 is 15.0 Å². The third kappa shape index (κ3) is 3.37. The minimum absolute atomic E-state index is 0.0642. The van der Waals surface area contributed by atoms with Crippen LogP contribution in [-0.2, 0) is 6.54 Å². The third-order valence-electron chi connectivity index (χ3n) is 2.47. The van der Waals surface area contributed by atoms with E-state index in [4.69, 9.17) is 5.11 Å². The number of carboxylic acid groups (broad SMARTS) is 1. The van der Waals surface area contributed by atoms with Gasteiger partial charge in [-0.15, -0.1) is 0 Å². The standard InChI is InChI=1S/C12H11FN4O3/c13-9-3-8(4-14-5-9)11(18)15-1-2-17-6-10(12(19)20)16-7-17/h3-7H,1-2H2,(H,15,18)(H,19,20). The van der Waals surface area contributed by atoms with E-state index in [1.54, 1.807) is 0 Å². The van der Waals surface area contributed by atoms with Crippen LogP contribution in [0.4, 0.5) is 4.39 Å². The fourth-order valence-corrected chi connectivity index (χ4v) is 1.53. The predicted molar refractivity (Wildman–Crippen MR) is 65.7 cm³/mol. The van der Waals surface area contributed by atoms with Crippen LogP contribution in [-0.4, -0.2) is 38.1 Å². The van der Waals surface area contributed by atoms with Crippen molar-refractivity contribution in [2.75, 3.05) is 6.54 Å². The van der Waals surface area contributed by atoms with Crippen molar-refractivity contribution >= 4 is 11.9 Å². The first-order valence-corrected chi connectivity index (χ1v) is 5.70. The zero-order valence-corrected chi connectivity index (χ0v) is 10.3. The Bertz CT molecular complexity index is 641. The van der Waals surface area contributed by atoms with E-state index in [1.165, 1.54) is 23.3 Å². The lowest BCUT2D eigenvalue weighted by atomic mass is 10.2. The second-order valence-corrected chi connectivity index (χ2v) is 3.95. The number of aromatic nitrogens is 3. The molecule has 0 saturated carbocycles. The highest BCUT2D eigenvalue weighted by atomic mass is 19.1. The van der Waals surface area contributed by atoms with Gasteiger partial charge in [-0.05, 0) is 6.07 Å². The Kier molecular flexibility index (Phi) is 4.04. The van der Waals surface area contributed by atoms with Gasteiger partial charge in [-0.1, -0.05) is 0 Å². The Labute approximate surface area is 113 Å². The smallest absolute Gasteiger partial charge is 0.356 e. The molecule has 0 saturated heterocycles. The maximum absolute atomic E-state index is 12.9. The molecule has 0 spiro atoms. The lowest BCUT2D eigenvalue weighted by Gasteiger charge is -2.05. The molecule has 2 heterocycles. The van der Waals surface area contributed by atoms with Gasteiger partial charge in [0.2, 0.25) is 0 Å². The molecule has 0 aliphatic heterocycles. The number of hydrogen-bond donors (Lipinski definition) is 2. The van der Waals surface area contributed by atoms with Crippen molar-refractivity contribution in [3.8, 4) is 0 Å². The molecule has 2 aromatic heterocycles. The van der Waals surface area contributed by atoms with E-state index in [1.807, 2.05) is 0 Å². The number of halogens is 1. The second-order valence-electron chi connectivity index (χ2n) is 3.95. The largest absolute Gasteiger partial charge is 0.476 e. The van der Waals surface area contributed by atoms with E-state index in [0.717, 1.165) is 12.3 Å². The molecule has 20 heavy (non-hydrogen) atoms. The summed E-state index contributed by atoms with van der Waals surface area (Å²) in [6, 6.07) is 1.09. The average molecular weight is 278 g/mol. The van der Waals surface area contributed by atoms with E-state index in [-0.39, 0.29) is 17.8 Å². The zero-order chi connectivity index (χ0) is 14.5. The summed E-state index contributed by atoms with van der Waals surface area (Å²) in [4.78, 5) is 29.5. The normalized spacial score (nSPS) is 10.2. The van der Waals surface area contributed by atoms with Crippen LogP contribution in [0.1, 0.15) is 20.8 Å². The van der Waals surface area contributed by atoms with Crippen LogP contribution in [0.5, 0.6) is 0 Å². The van der Waals surface area contributed by atoms with E-state index >= 15 is 0 Å². The Morgan fingerprint density at radius 1 is 1.40 bits per heavy atom. The van der Waals surface area contributed by atoms with Crippen LogP contribution in [0.25, 0.3) is 0 Å². The van der Waals surface area contributed by atoms with Crippen molar-refractivity contribution in [1.82, 2.24) is 19.9 Å². The molecular weight excluding hydrogens is 267 g/mol. The van der Waals surface area contributed by atoms with Gasteiger partial charge in [0.05, 0.1) is 18.1 Å². The van der Waals surface area contributed by atoms with Gasteiger partial charge in [0.1, 0.15) is 5.82 Å². The highest BCUT2D eigenvalue weighted by Crippen LogP contribution is 2.00. The van der Waals surface area contributed by atoms with Crippen molar-refractivity contribution < 1.29 is 19.1 Å². The minimum Gasteiger partial charge on any atom is -0.476 e. The van der Waals surface area contributed by atoms with E-state index in [0.29, 0.717) is 6.54 Å². The monoisotopic (exact) mass is 278 g/mol. The quantitative estimate of drug-likeness (QED) is 0.832. The number of pyridine rings is 1. The first-order chi connectivity index (χ1) is 9.56. The molecule has 0 atom stereocenters. The summed E-state index contributed by atoms with van der Waals surface area (Å²) in [6.07, 6.45) is 4.99. The maximum atomic E-state index is 12.9. The molecule has 7 nitrogen and oxygen atoms in total. The van der Waals surface area contributed by atoms with Crippen LogP contribution in [0, 0.1) is 5.82 Å². The third-order valence-corrected chi connectivity index (χ3v) is 2.47. The van der Waals surface area contributed by atoms with Gasteiger partial charge in [0.25, 0.3) is 5.91 Å². The van der Waals surface area contributed by atoms with E-state index < -0.39 is 17.7 Å². The first-order valence-electron chi connectivity index (χ1n) is 5.70. The van der Waals surface area contributed by atoms with Crippen LogP contribution >= 0.6 is 0 Å². The number of aromatic carboxylic acids is 1. The molecule has 0 fully saturated rings. The SMILES string of the molecule is O=C(NCCn1cnc(C(=O)O)c1)c1cncc(F)c1. The zero-order valence-electron chi connectivity index (χ0n) is 10.3. The summed E-state index contributed by atoms with van der Waals surface area (Å²) in [5.74, 6) is -2.15. The molecule has 2 rings (SSSR count). The number of carboxylic acids is 1. The number of nitrogens with one attached hydrogen (secondary N) is 1. The lowest BCUT2D eigenvalue weighted by Crippen LogP contribution is -2.27. The van der Waals surface area contributed by atoms with Crippen LogP contribution in [0.2, 0.25) is 0 Å². The Balaban J connectivity index is 1.86. The molecule has 0 radical (unpaired) electrons. The van der Waals surface area contributed by atoms with Gasteiger partial charge in [-0.3, -0.25) is 9.78 Å². The van der Waals surface area contributed by atoms with Crippen molar-refractivity contribution in [2.45, 2.75) is 6.54 Å². The summed E-state index contributed by atoms with van der Waals surface area (Å²) < 4.78 is 14.4. The number of nitrogens with zero attached hydrogens (tertiary/aromatic N) is 3. The molecule has 2 aromatic rings. The maximum Gasteiger partial charge on any atom is 0.356 e. The molecular formula is C12H11FN4O3. The molecule has 2 N–H and O–H groups in total. The lowest BCUT2D eigenvalue weighted by molar-refractivity contribution is 0.0690. The van der Waals surface area contributed by atoms with Crippen molar-refractivity contribution in [2.24, 2.45) is 0 Å². The highest BCUT2D eigenvalue weighted by Gasteiger charge is 2.08. The van der Waals surface area contributed by atoms with Crippen molar-refractivity contribution in [3.63, 3.8) is 0 Å². The Morgan fingerprint density at radius 3 is 2.85 bits per heavy atom. The van der Waals surface area contributed by atoms with E-state index in [2.05, 4.69) is 15.3 Å². The number of carbonyl (C=O) groups excluding carboxylic acids is 1. The van der Waals surface area contributed by atoms with Gasteiger partial charge in [-0.25, -0.2) is 14.2 Å². The second kappa shape index (κ2) is 5.91. The summed E-state index contributed by atoms with van der Waals surface area (Å²) in [6.45, 7) is 0.611. The van der Waals surface area contributed by atoms with E-state index in [9.17, 15) is 14.0 Å². The number of rotatable bonds is 5. The molecule has 0 unspecified atom stereocenters. The molecule has 0 aromatic carbocycles. The molecule has 8 heteroatoms. The van der Waals surface area contributed by atoms with Crippen LogP contribution in [0.15, 0.2) is 31.0 Å². The summed E-state index contributed by atoms with van der Waals surface area (Å²) in [7, 11) is 0. The van der Waals surface area contributed by atoms with Crippen LogP contribution in [0.3, 0.4) is 0 Å². The summed E-state index contributed by atoms with van der Waals surface area (Å²) in [5, 5.41) is 11.3. The highest BCUT2D eigenvalue weighted by molar-refractivity contribution is 5.93. The fourth-order valence-electron chi connectivity index (χ4n) is 1.53. The summed E-state index contributed by atoms with van der Waals surface area (Å²) >= 11 is 0. The van der Waals surface area contributed by atoms with Gasteiger partial charge in [0, 0.05) is 25.5 Å². The number of imidazole rings is 1. The number of hydrogen-bond acceptors (Lipinski definition) is 4. The molecule has 0 bridgehead atoms. The summed E-state index contributed by atoms with van der Waals surface area (Å²) in [5.41, 5.74) is 0.0625. The molecule has 1 amide bonds. The number of carbonyl (C=O) groups is 2. The fraction of sp³-hybridized carbons (Fsp3) is 0.167. The predicted octanol–water partition coefficient (Wildman–Crippen LogP) is 0.545. The van der Waals surface area contributed by atoms with Gasteiger partial charge in [-0.2, -0.15) is 0 Å². The first kappa shape index (κ1) is 13.7. The van der Waals surface area contributed by atoms with Crippen molar-refractivity contribution in [3.05, 3.63) is 48.1 Å². The topological polar surface area (TPSA) is 97.1 Å². The average Bonchev–Trinajstić information content (AvgIpc) is 2.87. The molecule has 104 valence electrons.